The maximum atomic E-state index is 10.9. The summed E-state index contributed by atoms with van der Waals surface area (Å²) in [4.78, 5) is 10.9. The van der Waals surface area contributed by atoms with Crippen molar-refractivity contribution in [1.29, 1.82) is 0 Å². The molecule has 0 heterocycles. The summed E-state index contributed by atoms with van der Waals surface area (Å²) in [5.74, 6) is 0.0874. The molecule has 0 bridgehead atoms. The third-order valence-corrected chi connectivity index (χ3v) is 1.44. The molecule has 3 nitrogen and oxygen atoms in total. The highest BCUT2D eigenvalue weighted by molar-refractivity contribution is 5.83. The summed E-state index contributed by atoms with van der Waals surface area (Å²) < 4.78 is 0. The van der Waals surface area contributed by atoms with Crippen molar-refractivity contribution in [2.75, 3.05) is 6.54 Å². The lowest BCUT2D eigenvalue weighted by Crippen LogP contribution is -2.37. The van der Waals surface area contributed by atoms with Crippen molar-refractivity contribution in [3.05, 3.63) is 0 Å². The number of rotatable bonds is 5. The van der Waals surface area contributed by atoms with Crippen molar-refractivity contribution < 1.29 is 4.79 Å². The Morgan fingerprint density at radius 1 is 1.60 bits per heavy atom. The van der Waals surface area contributed by atoms with Gasteiger partial charge in [-0.05, 0) is 6.42 Å². The zero-order valence-corrected chi connectivity index (χ0v) is 6.47. The smallest absolute Gasteiger partial charge is 0.150 e. The fourth-order valence-electron chi connectivity index (χ4n) is 0.668. The molecule has 0 spiro atoms. The number of carbonyl (C=O) groups is 1. The van der Waals surface area contributed by atoms with Crippen molar-refractivity contribution in [1.82, 2.24) is 0 Å². The molecule has 60 valence electrons. The van der Waals surface area contributed by atoms with Gasteiger partial charge in [0.15, 0.2) is 5.78 Å². The first kappa shape index (κ1) is 9.59. The average Bonchev–Trinajstić information content (AvgIpc) is 1.98. The lowest BCUT2D eigenvalue weighted by Gasteiger charge is -2.05. The van der Waals surface area contributed by atoms with Crippen LogP contribution in [0, 0.1) is 0 Å². The van der Waals surface area contributed by atoms with Gasteiger partial charge in [0.25, 0.3) is 0 Å². The number of ketones is 1. The number of hydrogen-bond donors (Lipinski definition) is 2. The first-order chi connectivity index (χ1) is 4.72. The van der Waals surface area contributed by atoms with E-state index in [4.69, 9.17) is 11.5 Å². The Morgan fingerprint density at radius 3 is 2.60 bits per heavy atom. The summed E-state index contributed by atoms with van der Waals surface area (Å²) >= 11 is 0. The molecule has 0 fully saturated rings. The van der Waals surface area contributed by atoms with Gasteiger partial charge in [0.05, 0.1) is 6.04 Å². The predicted octanol–water partition coefficient (Wildman–Crippen LogP) is 0.0317. The van der Waals surface area contributed by atoms with Crippen LogP contribution in [0.4, 0.5) is 0 Å². The Balaban J connectivity index is 3.42. The van der Waals surface area contributed by atoms with Crippen molar-refractivity contribution in [3.8, 4) is 0 Å². The molecular formula is C7H16N2O. The quantitative estimate of drug-likeness (QED) is 0.572. The third-order valence-electron chi connectivity index (χ3n) is 1.44. The van der Waals surface area contributed by atoms with Crippen LogP contribution in [0.5, 0.6) is 0 Å². The van der Waals surface area contributed by atoms with Crippen molar-refractivity contribution in [2.45, 2.75) is 32.2 Å². The van der Waals surface area contributed by atoms with Gasteiger partial charge >= 0.3 is 0 Å². The van der Waals surface area contributed by atoms with Crippen LogP contribution >= 0.6 is 0 Å². The van der Waals surface area contributed by atoms with E-state index in [2.05, 4.69) is 0 Å². The van der Waals surface area contributed by atoms with Crippen LogP contribution in [-0.4, -0.2) is 18.4 Å². The van der Waals surface area contributed by atoms with E-state index in [0.29, 0.717) is 6.42 Å². The molecule has 0 saturated heterocycles. The van der Waals surface area contributed by atoms with E-state index in [1.54, 1.807) is 0 Å². The number of carbonyl (C=O) groups excluding carboxylic acids is 1. The molecular weight excluding hydrogens is 128 g/mol. The second-order valence-electron chi connectivity index (χ2n) is 2.41. The first-order valence-corrected chi connectivity index (χ1v) is 3.70. The lowest BCUT2D eigenvalue weighted by molar-refractivity contribution is -0.120. The largest absolute Gasteiger partial charge is 0.328 e. The van der Waals surface area contributed by atoms with Crippen molar-refractivity contribution in [3.63, 3.8) is 0 Å². The van der Waals surface area contributed by atoms with Crippen LogP contribution in [0.3, 0.4) is 0 Å². The Labute approximate surface area is 61.8 Å². The van der Waals surface area contributed by atoms with Crippen LogP contribution in [-0.2, 0) is 4.79 Å². The number of nitrogens with two attached hydrogens (primary N) is 2. The van der Waals surface area contributed by atoms with E-state index < -0.39 is 6.04 Å². The van der Waals surface area contributed by atoms with Gasteiger partial charge < -0.3 is 11.5 Å². The first-order valence-electron chi connectivity index (χ1n) is 3.70. The minimum absolute atomic E-state index is 0.0874. The molecule has 10 heavy (non-hydrogen) atoms. The maximum absolute atomic E-state index is 10.9. The summed E-state index contributed by atoms with van der Waals surface area (Å²) in [5.41, 5.74) is 10.6. The molecule has 0 rings (SSSR count). The lowest BCUT2D eigenvalue weighted by atomic mass is 10.1. The van der Waals surface area contributed by atoms with E-state index in [1.807, 2.05) is 6.92 Å². The zero-order valence-electron chi connectivity index (χ0n) is 6.47. The molecule has 3 heteroatoms. The number of unbranched alkanes of at least 4 members (excludes halogenated alkanes) is 1. The number of Topliss-reactive ketones (excluding diaryl/α,β-unsaturated/α-hetero) is 1. The Morgan fingerprint density at radius 2 is 2.20 bits per heavy atom. The summed E-state index contributed by atoms with van der Waals surface area (Å²) in [6.45, 7) is 2.31. The van der Waals surface area contributed by atoms with Crippen LogP contribution in [0.1, 0.15) is 26.2 Å². The SMILES string of the molecule is CCCCC(=O)[C@@H](N)CN. The van der Waals surface area contributed by atoms with Crippen molar-refractivity contribution in [2.24, 2.45) is 11.5 Å². The fraction of sp³-hybridized carbons (Fsp3) is 0.857. The fourth-order valence-corrected chi connectivity index (χ4v) is 0.668. The second kappa shape index (κ2) is 5.38. The molecule has 1 atom stereocenters. The summed E-state index contributed by atoms with van der Waals surface area (Å²) in [6, 6.07) is -0.438. The van der Waals surface area contributed by atoms with E-state index in [9.17, 15) is 4.79 Å². The van der Waals surface area contributed by atoms with Crippen LogP contribution < -0.4 is 11.5 Å². The summed E-state index contributed by atoms with van der Waals surface area (Å²) in [5, 5.41) is 0. The minimum atomic E-state index is -0.438. The molecule has 0 unspecified atom stereocenters. The topological polar surface area (TPSA) is 69.1 Å². The summed E-state index contributed by atoms with van der Waals surface area (Å²) in [7, 11) is 0. The van der Waals surface area contributed by atoms with Gasteiger partial charge in [0.2, 0.25) is 0 Å². The molecule has 0 saturated carbocycles. The van der Waals surface area contributed by atoms with Crippen LogP contribution in [0.25, 0.3) is 0 Å². The molecule has 0 aromatic rings. The van der Waals surface area contributed by atoms with Gasteiger partial charge in [0.1, 0.15) is 0 Å². The van der Waals surface area contributed by atoms with Gasteiger partial charge in [-0.15, -0.1) is 0 Å². The monoisotopic (exact) mass is 144 g/mol. The minimum Gasteiger partial charge on any atom is -0.328 e. The zero-order chi connectivity index (χ0) is 7.98. The second-order valence-corrected chi connectivity index (χ2v) is 2.41. The van der Waals surface area contributed by atoms with E-state index in [-0.39, 0.29) is 12.3 Å². The summed E-state index contributed by atoms with van der Waals surface area (Å²) in [6.07, 6.45) is 2.53. The number of hydrogen-bond acceptors (Lipinski definition) is 3. The van der Waals surface area contributed by atoms with Crippen LogP contribution in [0.15, 0.2) is 0 Å². The van der Waals surface area contributed by atoms with Gasteiger partial charge in [0, 0.05) is 13.0 Å². The highest BCUT2D eigenvalue weighted by Crippen LogP contribution is 1.96. The Bertz CT molecular complexity index is 104. The highest BCUT2D eigenvalue weighted by atomic mass is 16.1. The molecule has 0 aliphatic rings. The normalized spacial score (nSPS) is 13.1. The van der Waals surface area contributed by atoms with Crippen LogP contribution in [0.2, 0.25) is 0 Å². The molecule has 0 radical (unpaired) electrons. The standard InChI is InChI=1S/C7H16N2O/c1-2-3-4-7(10)6(9)5-8/h6H,2-5,8-9H2,1H3/t6-/m0/s1. The Hall–Kier alpha value is -0.410. The van der Waals surface area contributed by atoms with Gasteiger partial charge in [-0.3, -0.25) is 4.79 Å². The van der Waals surface area contributed by atoms with Gasteiger partial charge in [-0.2, -0.15) is 0 Å². The van der Waals surface area contributed by atoms with Gasteiger partial charge in [-0.1, -0.05) is 13.3 Å². The molecule has 0 aliphatic heterocycles. The Kier molecular flexibility index (Phi) is 5.16. The molecule has 0 amide bonds. The molecule has 0 aromatic heterocycles. The maximum Gasteiger partial charge on any atom is 0.150 e. The van der Waals surface area contributed by atoms with Crippen molar-refractivity contribution >= 4 is 5.78 Å². The van der Waals surface area contributed by atoms with E-state index in [0.717, 1.165) is 12.8 Å². The van der Waals surface area contributed by atoms with E-state index >= 15 is 0 Å². The average molecular weight is 144 g/mol. The molecule has 4 N–H and O–H groups in total. The van der Waals surface area contributed by atoms with E-state index in [1.165, 1.54) is 0 Å². The predicted molar refractivity (Wildman–Crippen MR) is 41.6 cm³/mol. The molecule has 0 aromatic carbocycles. The van der Waals surface area contributed by atoms with Gasteiger partial charge in [-0.25, -0.2) is 0 Å². The molecule has 0 aliphatic carbocycles. The highest BCUT2D eigenvalue weighted by Gasteiger charge is 2.09. The third kappa shape index (κ3) is 3.58.